The standard InChI is InChI=1S/C10H14ClN3OS/c11-10-13-4-8(16-10)6-14-3-1-2-7(5-14)9(12)15/h4,7H,1-3,5-6H2,(H2,12,15). The molecule has 1 aliphatic rings. The van der Waals surface area contributed by atoms with Crippen LogP contribution < -0.4 is 5.73 Å². The Balaban J connectivity index is 1.92. The van der Waals surface area contributed by atoms with E-state index in [0.717, 1.165) is 37.4 Å². The summed E-state index contributed by atoms with van der Waals surface area (Å²) in [5.41, 5.74) is 5.33. The number of piperidine rings is 1. The van der Waals surface area contributed by atoms with Crippen molar-refractivity contribution in [2.45, 2.75) is 19.4 Å². The number of halogens is 1. The highest BCUT2D eigenvalue weighted by atomic mass is 35.5. The average Bonchev–Trinajstić information content (AvgIpc) is 2.64. The molecular weight excluding hydrogens is 246 g/mol. The quantitative estimate of drug-likeness (QED) is 0.895. The third-order valence-corrected chi connectivity index (χ3v) is 3.91. The van der Waals surface area contributed by atoms with Gasteiger partial charge < -0.3 is 5.73 Å². The minimum atomic E-state index is -0.188. The van der Waals surface area contributed by atoms with Gasteiger partial charge in [0.2, 0.25) is 5.91 Å². The summed E-state index contributed by atoms with van der Waals surface area (Å²) in [6.07, 6.45) is 3.73. The van der Waals surface area contributed by atoms with Gasteiger partial charge in [-0.15, -0.1) is 11.3 Å². The van der Waals surface area contributed by atoms with E-state index >= 15 is 0 Å². The van der Waals surface area contributed by atoms with E-state index in [1.807, 2.05) is 0 Å². The van der Waals surface area contributed by atoms with Gasteiger partial charge in [-0.25, -0.2) is 4.98 Å². The van der Waals surface area contributed by atoms with E-state index < -0.39 is 0 Å². The normalized spacial score (nSPS) is 22.2. The molecule has 0 saturated carbocycles. The van der Waals surface area contributed by atoms with Crippen LogP contribution in [0.15, 0.2) is 6.20 Å². The maximum Gasteiger partial charge on any atom is 0.221 e. The first-order valence-corrected chi connectivity index (χ1v) is 6.46. The number of rotatable bonds is 3. The zero-order valence-corrected chi connectivity index (χ0v) is 10.4. The van der Waals surface area contributed by atoms with E-state index in [2.05, 4.69) is 9.88 Å². The van der Waals surface area contributed by atoms with E-state index in [9.17, 15) is 4.79 Å². The Morgan fingerprint density at radius 1 is 1.75 bits per heavy atom. The number of nitrogens with zero attached hydrogens (tertiary/aromatic N) is 2. The summed E-state index contributed by atoms with van der Waals surface area (Å²) >= 11 is 7.26. The molecule has 1 fully saturated rings. The van der Waals surface area contributed by atoms with Crippen LogP contribution in [0.1, 0.15) is 17.7 Å². The zero-order chi connectivity index (χ0) is 11.5. The number of likely N-dealkylation sites (tertiary alicyclic amines) is 1. The Labute approximate surface area is 103 Å². The molecule has 0 bridgehead atoms. The van der Waals surface area contributed by atoms with Crippen molar-refractivity contribution >= 4 is 28.8 Å². The smallest absolute Gasteiger partial charge is 0.221 e. The number of primary amides is 1. The van der Waals surface area contributed by atoms with Crippen LogP contribution in [0, 0.1) is 5.92 Å². The summed E-state index contributed by atoms with van der Waals surface area (Å²) in [5, 5.41) is 0. The van der Waals surface area contributed by atoms with E-state index in [1.54, 1.807) is 6.20 Å². The molecule has 6 heteroatoms. The van der Waals surface area contributed by atoms with Gasteiger partial charge in [-0.1, -0.05) is 11.6 Å². The highest BCUT2D eigenvalue weighted by Gasteiger charge is 2.24. The minimum absolute atomic E-state index is 0.00265. The molecule has 1 aromatic rings. The third kappa shape index (κ3) is 2.93. The fourth-order valence-electron chi connectivity index (χ4n) is 2.01. The van der Waals surface area contributed by atoms with Crippen LogP contribution >= 0.6 is 22.9 Å². The SMILES string of the molecule is NC(=O)C1CCCN(Cc2cnc(Cl)s2)C1. The van der Waals surface area contributed by atoms with Crippen molar-refractivity contribution in [3.8, 4) is 0 Å². The second-order valence-electron chi connectivity index (χ2n) is 4.06. The molecule has 2 rings (SSSR count). The molecule has 0 aromatic carbocycles. The molecule has 0 spiro atoms. The van der Waals surface area contributed by atoms with Gasteiger partial charge in [-0.2, -0.15) is 0 Å². The lowest BCUT2D eigenvalue weighted by molar-refractivity contribution is -0.123. The molecule has 4 nitrogen and oxygen atoms in total. The van der Waals surface area contributed by atoms with Gasteiger partial charge in [0.1, 0.15) is 0 Å². The summed E-state index contributed by atoms with van der Waals surface area (Å²) in [5.74, 6) is -0.191. The number of thiazole rings is 1. The van der Waals surface area contributed by atoms with Crippen molar-refractivity contribution in [2.75, 3.05) is 13.1 Å². The molecule has 1 unspecified atom stereocenters. The van der Waals surface area contributed by atoms with E-state index in [4.69, 9.17) is 17.3 Å². The summed E-state index contributed by atoms with van der Waals surface area (Å²) in [6, 6.07) is 0. The van der Waals surface area contributed by atoms with Gasteiger partial charge in [0.05, 0.1) is 5.92 Å². The van der Waals surface area contributed by atoms with Crippen LogP contribution in [0.3, 0.4) is 0 Å². The Kier molecular flexibility index (Phi) is 3.78. The van der Waals surface area contributed by atoms with E-state index in [0.29, 0.717) is 4.47 Å². The van der Waals surface area contributed by atoms with Gasteiger partial charge in [-0.05, 0) is 19.4 Å². The highest BCUT2D eigenvalue weighted by Crippen LogP contribution is 2.22. The van der Waals surface area contributed by atoms with Crippen molar-refractivity contribution in [3.63, 3.8) is 0 Å². The fraction of sp³-hybridized carbons (Fsp3) is 0.600. The first-order valence-electron chi connectivity index (χ1n) is 5.27. The Morgan fingerprint density at radius 3 is 3.19 bits per heavy atom. The van der Waals surface area contributed by atoms with Crippen molar-refractivity contribution in [1.29, 1.82) is 0 Å². The fourth-order valence-corrected chi connectivity index (χ4v) is 3.03. The maximum atomic E-state index is 11.1. The predicted molar refractivity (Wildman–Crippen MR) is 64.3 cm³/mol. The predicted octanol–water partition coefficient (Wildman–Crippen LogP) is 1.49. The van der Waals surface area contributed by atoms with Crippen LogP contribution in [-0.4, -0.2) is 28.9 Å². The molecule has 1 aromatic heterocycles. The van der Waals surface area contributed by atoms with Crippen molar-refractivity contribution in [1.82, 2.24) is 9.88 Å². The van der Waals surface area contributed by atoms with Gasteiger partial charge in [0.25, 0.3) is 0 Å². The van der Waals surface area contributed by atoms with Gasteiger partial charge in [0, 0.05) is 24.2 Å². The Morgan fingerprint density at radius 2 is 2.56 bits per heavy atom. The molecule has 2 heterocycles. The molecule has 88 valence electrons. The number of hydrogen-bond donors (Lipinski definition) is 1. The van der Waals surface area contributed by atoms with Crippen LogP contribution in [-0.2, 0) is 11.3 Å². The van der Waals surface area contributed by atoms with Gasteiger partial charge in [-0.3, -0.25) is 9.69 Å². The average molecular weight is 260 g/mol. The molecule has 2 N–H and O–H groups in total. The summed E-state index contributed by atoms with van der Waals surface area (Å²) in [6.45, 7) is 2.58. The van der Waals surface area contributed by atoms with Crippen molar-refractivity contribution in [3.05, 3.63) is 15.5 Å². The summed E-state index contributed by atoms with van der Waals surface area (Å²) in [7, 11) is 0. The first-order chi connectivity index (χ1) is 7.65. The number of carbonyl (C=O) groups excluding carboxylic acids is 1. The number of amides is 1. The molecule has 1 saturated heterocycles. The number of aromatic nitrogens is 1. The van der Waals surface area contributed by atoms with Crippen molar-refractivity contribution in [2.24, 2.45) is 11.7 Å². The highest BCUT2D eigenvalue weighted by molar-refractivity contribution is 7.15. The molecule has 0 radical (unpaired) electrons. The van der Waals surface area contributed by atoms with Crippen molar-refractivity contribution < 1.29 is 4.79 Å². The molecule has 0 aliphatic carbocycles. The Hall–Kier alpha value is -0.650. The third-order valence-electron chi connectivity index (χ3n) is 2.81. The molecule has 1 atom stereocenters. The lowest BCUT2D eigenvalue weighted by atomic mass is 9.97. The largest absolute Gasteiger partial charge is 0.369 e. The van der Waals surface area contributed by atoms with Gasteiger partial charge in [0.15, 0.2) is 4.47 Å². The molecular formula is C10H14ClN3OS. The van der Waals surface area contributed by atoms with E-state index in [1.165, 1.54) is 11.3 Å². The maximum absolute atomic E-state index is 11.1. The second-order valence-corrected chi connectivity index (χ2v) is 5.75. The van der Waals surface area contributed by atoms with E-state index in [-0.39, 0.29) is 11.8 Å². The van der Waals surface area contributed by atoms with Crippen LogP contribution in [0.4, 0.5) is 0 Å². The topological polar surface area (TPSA) is 59.2 Å². The summed E-state index contributed by atoms with van der Waals surface area (Å²) < 4.78 is 0.568. The second kappa shape index (κ2) is 5.12. The minimum Gasteiger partial charge on any atom is -0.369 e. The Bertz CT molecular complexity index is 382. The van der Waals surface area contributed by atoms with Crippen LogP contribution in [0.5, 0.6) is 0 Å². The van der Waals surface area contributed by atoms with Gasteiger partial charge >= 0.3 is 0 Å². The first kappa shape index (κ1) is 11.8. The molecule has 1 aliphatic heterocycles. The number of hydrogen-bond acceptors (Lipinski definition) is 4. The zero-order valence-electron chi connectivity index (χ0n) is 8.86. The molecule has 16 heavy (non-hydrogen) atoms. The van der Waals surface area contributed by atoms with Crippen LogP contribution in [0.25, 0.3) is 0 Å². The monoisotopic (exact) mass is 259 g/mol. The number of nitrogens with two attached hydrogens (primary N) is 1. The lowest BCUT2D eigenvalue weighted by Gasteiger charge is -2.30. The summed E-state index contributed by atoms with van der Waals surface area (Å²) in [4.78, 5) is 18.5. The molecule has 1 amide bonds. The lowest BCUT2D eigenvalue weighted by Crippen LogP contribution is -2.40. The number of carbonyl (C=O) groups is 1. The van der Waals surface area contributed by atoms with Crippen LogP contribution in [0.2, 0.25) is 4.47 Å².